The van der Waals surface area contributed by atoms with Crippen molar-refractivity contribution in [2.75, 3.05) is 13.1 Å². The quantitative estimate of drug-likeness (QED) is 0.510. The summed E-state index contributed by atoms with van der Waals surface area (Å²) in [5, 5.41) is 7.23. The maximum Gasteiger partial charge on any atom is 0.348 e. The molecular formula is C24H20F2N4O3. The Morgan fingerprint density at radius 3 is 2.76 bits per heavy atom. The minimum absolute atomic E-state index is 0.0829. The molecule has 1 saturated carbocycles. The number of nitrogens with one attached hydrogen (secondary N) is 1. The van der Waals surface area contributed by atoms with Gasteiger partial charge in [-0.25, -0.2) is 23.2 Å². The van der Waals surface area contributed by atoms with E-state index in [1.54, 1.807) is 29.2 Å². The van der Waals surface area contributed by atoms with Crippen molar-refractivity contribution in [3.05, 3.63) is 70.6 Å². The van der Waals surface area contributed by atoms with Gasteiger partial charge in [-0.05, 0) is 55.2 Å². The van der Waals surface area contributed by atoms with Gasteiger partial charge in [0, 0.05) is 35.9 Å². The summed E-state index contributed by atoms with van der Waals surface area (Å²) in [6, 6.07) is 9.66. The summed E-state index contributed by atoms with van der Waals surface area (Å²) < 4.78 is 36.8. The third-order valence-electron chi connectivity index (χ3n) is 6.56. The first-order valence-electron chi connectivity index (χ1n) is 10.9. The molecule has 7 nitrogen and oxygen atoms in total. The molecular weight excluding hydrogens is 430 g/mol. The predicted octanol–water partition coefficient (Wildman–Crippen LogP) is 3.98. The van der Waals surface area contributed by atoms with Gasteiger partial charge in [-0.1, -0.05) is 6.07 Å². The fourth-order valence-corrected chi connectivity index (χ4v) is 4.64. The van der Waals surface area contributed by atoms with E-state index in [0.29, 0.717) is 36.5 Å². The molecule has 33 heavy (non-hydrogen) atoms. The summed E-state index contributed by atoms with van der Waals surface area (Å²) in [7, 11) is 0. The number of benzene rings is 2. The van der Waals surface area contributed by atoms with E-state index in [-0.39, 0.29) is 29.0 Å². The first-order chi connectivity index (χ1) is 16.0. The number of fused-ring (bicyclic) bond motifs is 1. The van der Waals surface area contributed by atoms with Gasteiger partial charge in [0.2, 0.25) is 5.91 Å². The van der Waals surface area contributed by atoms with Gasteiger partial charge in [-0.2, -0.15) is 5.10 Å². The zero-order chi connectivity index (χ0) is 22.7. The van der Waals surface area contributed by atoms with Crippen molar-refractivity contribution in [2.45, 2.75) is 25.2 Å². The van der Waals surface area contributed by atoms with Crippen molar-refractivity contribution >= 4 is 16.9 Å². The monoisotopic (exact) mass is 450 g/mol. The largest absolute Gasteiger partial charge is 0.464 e. The van der Waals surface area contributed by atoms with E-state index in [2.05, 4.69) is 10.2 Å². The van der Waals surface area contributed by atoms with Crippen LogP contribution in [0.1, 0.15) is 31.0 Å². The summed E-state index contributed by atoms with van der Waals surface area (Å²) in [6.07, 6.45) is 3.97. The molecule has 6 rings (SSSR count). The third-order valence-corrected chi connectivity index (χ3v) is 6.56. The average molecular weight is 450 g/mol. The number of H-pyrrole nitrogens is 1. The van der Waals surface area contributed by atoms with Gasteiger partial charge in [0.1, 0.15) is 11.4 Å². The van der Waals surface area contributed by atoms with E-state index in [1.807, 2.05) is 0 Å². The van der Waals surface area contributed by atoms with Crippen LogP contribution in [0.3, 0.4) is 0 Å². The van der Waals surface area contributed by atoms with Gasteiger partial charge in [0.25, 0.3) is 0 Å². The Morgan fingerprint density at radius 2 is 1.94 bits per heavy atom. The van der Waals surface area contributed by atoms with E-state index in [1.165, 1.54) is 18.4 Å². The summed E-state index contributed by atoms with van der Waals surface area (Å²) in [4.78, 5) is 26.7. The van der Waals surface area contributed by atoms with Crippen molar-refractivity contribution in [1.82, 2.24) is 19.7 Å². The first kappa shape index (κ1) is 19.9. The van der Waals surface area contributed by atoms with Crippen LogP contribution in [-0.2, 0) is 4.79 Å². The maximum atomic E-state index is 15.3. The molecule has 3 heterocycles. The molecule has 1 N–H and O–H groups in total. The normalized spacial score (nSPS) is 18.4. The van der Waals surface area contributed by atoms with Crippen molar-refractivity contribution in [3.8, 4) is 16.8 Å². The highest BCUT2D eigenvalue weighted by Crippen LogP contribution is 2.35. The standard InChI is InChI=1S/C24H20F2N4O3/c25-20-17(14-3-6-19-15(11-14)8-10-33-19)4-5-18(21(20)26)30-22(27-28-24(30)32)16-7-9-29(12-16)23(31)13-1-2-13/h3-6,8,10-11,13,16H,1-2,7,9,12H2,(H,28,32). The van der Waals surface area contributed by atoms with Crippen molar-refractivity contribution in [1.29, 1.82) is 0 Å². The second-order valence-electron chi connectivity index (χ2n) is 8.70. The molecule has 9 heteroatoms. The lowest BCUT2D eigenvalue weighted by molar-refractivity contribution is -0.131. The molecule has 2 aliphatic rings. The molecule has 2 aromatic heterocycles. The number of carbonyl (C=O) groups is 1. The smallest absolute Gasteiger partial charge is 0.348 e. The number of hydrogen-bond acceptors (Lipinski definition) is 4. The molecule has 1 unspecified atom stereocenters. The molecule has 1 saturated heterocycles. The SMILES string of the molecule is O=C(C1CC1)N1CCC(c2n[nH]c(=O)n2-c2ccc(-c3ccc4occc4c3)c(F)c2F)C1. The lowest BCUT2D eigenvalue weighted by Crippen LogP contribution is -2.30. The molecule has 0 spiro atoms. The number of halogens is 2. The fraction of sp³-hybridized carbons (Fsp3) is 0.292. The summed E-state index contributed by atoms with van der Waals surface area (Å²) in [5.74, 6) is -1.89. The Labute approximate surface area is 186 Å². The molecule has 1 aliphatic heterocycles. The Hall–Kier alpha value is -3.75. The van der Waals surface area contributed by atoms with Gasteiger partial charge < -0.3 is 9.32 Å². The fourth-order valence-electron chi connectivity index (χ4n) is 4.64. The summed E-state index contributed by atoms with van der Waals surface area (Å²) >= 11 is 0. The van der Waals surface area contributed by atoms with Crippen LogP contribution in [0.2, 0.25) is 0 Å². The van der Waals surface area contributed by atoms with Crippen LogP contribution < -0.4 is 5.69 Å². The third kappa shape index (κ3) is 3.26. The molecule has 1 aliphatic carbocycles. The van der Waals surface area contributed by atoms with Gasteiger partial charge >= 0.3 is 5.69 Å². The lowest BCUT2D eigenvalue weighted by Gasteiger charge is -2.16. The zero-order valence-corrected chi connectivity index (χ0v) is 17.6. The Kier molecular flexibility index (Phi) is 4.46. The first-order valence-corrected chi connectivity index (χ1v) is 10.9. The highest BCUT2D eigenvalue weighted by atomic mass is 19.2. The number of aromatic amines is 1. The van der Waals surface area contributed by atoms with Crippen LogP contribution in [0.4, 0.5) is 8.78 Å². The molecule has 4 aromatic rings. The number of amides is 1. The van der Waals surface area contributed by atoms with Gasteiger partial charge in [0.05, 0.1) is 12.0 Å². The number of carbonyl (C=O) groups excluding carboxylic acids is 1. The molecule has 2 aromatic carbocycles. The second kappa shape index (κ2) is 7.40. The van der Waals surface area contributed by atoms with E-state index in [9.17, 15) is 9.59 Å². The minimum atomic E-state index is -1.13. The van der Waals surface area contributed by atoms with Crippen LogP contribution in [0.15, 0.2) is 51.9 Å². The molecule has 168 valence electrons. The van der Waals surface area contributed by atoms with Crippen LogP contribution in [0.25, 0.3) is 27.8 Å². The van der Waals surface area contributed by atoms with Gasteiger partial charge in [0.15, 0.2) is 11.6 Å². The second-order valence-corrected chi connectivity index (χ2v) is 8.70. The molecule has 0 bridgehead atoms. The topological polar surface area (TPSA) is 84.1 Å². The van der Waals surface area contributed by atoms with Crippen LogP contribution in [0.5, 0.6) is 0 Å². The van der Waals surface area contributed by atoms with E-state index >= 15 is 8.78 Å². The van der Waals surface area contributed by atoms with E-state index in [0.717, 1.165) is 22.8 Å². The van der Waals surface area contributed by atoms with Crippen LogP contribution in [-0.4, -0.2) is 38.7 Å². The molecule has 1 atom stereocenters. The predicted molar refractivity (Wildman–Crippen MR) is 116 cm³/mol. The van der Waals surface area contributed by atoms with Gasteiger partial charge in [-0.3, -0.25) is 4.79 Å². The Bertz CT molecular complexity index is 1450. The Morgan fingerprint density at radius 1 is 1.09 bits per heavy atom. The van der Waals surface area contributed by atoms with E-state index in [4.69, 9.17) is 4.42 Å². The molecule has 1 amide bonds. The number of likely N-dealkylation sites (tertiary alicyclic amines) is 1. The highest BCUT2D eigenvalue weighted by molar-refractivity contribution is 5.84. The average Bonchev–Trinajstić information content (AvgIpc) is 3.19. The minimum Gasteiger partial charge on any atom is -0.464 e. The lowest BCUT2D eigenvalue weighted by atomic mass is 10.0. The Balaban J connectivity index is 1.36. The van der Waals surface area contributed by atoms with Crippen LogP contribution in [0, 0.1) is 17.6 Å². The van der Waals surface area contributed by atoms with Gasteiger partial charge in [-0.15, -0.1) is 0 Å². The molecule has 2 fully saturated rings. The number of aromatic nitrogens is 3. The number of nitrogens with zero attached hydrogens (tertiary/aromatic N) is 3. The van der Waals surface area contributed by atoms with Crippen molar-refractivity contribution in [3.63, 3.8) is 0 Å². The van der Waals surface area contributed by atoms with E-state index < -0.39 is 17.3 Å². The summed E-state index contributed by atoms with van der Waals surface area (Å²) in [5.41, 5.74) is 0.372. The van der Waals surface area contributed by atoms with Crippen molar-refractivity contribution in [2.24, 2.45) is 5.92 Å². The zero-order valence-electron chi connectivity index (χ0n) is 17.6. The number of hydrogen-bond donors (Lipinski definition) is 1. The number of furan rings is 1. The summed E-state index contributed by atoms with van der Waals surface area (Å²) in [6.45, 7) is 0.972. The highest BCUT2D eigenvalue weighted by Gasteiger charge is 2.38. The maximum absolute atomic E-state index is 15.3. The van der Waals surface area contributed by atoms with Crippen LogP contribution >= 0.6 is 0 Å². The number of rotatable bonds is 4. The van der Waals surface area contributed by atoms with Crippen molar-refractivity contribution < 1.29 is 18.0 Å². The molecule has 0 radical (unpaired) electrons.